The fraction of sp³-hybridized carbons (Fsp3) is 0.400. The Morgan fingerprint density at radius 1 is 1.10 bits per heavy atom. The van der Waals surface area contributed by atoms with Crippen LogP contribution < -0.4 is 0 Å². The molecular formula is C10H15. The Morgan fingerprint density at radius 3 is 2.50 bits per heavy atom. The summed E-state index contributed by atoms with van der Waals surface area (Å²) in [5.41, 5.74) is 0. The second-order valence-electron chi connectivity index (χ2n) is 2.09. The van der Waals surface area contributed by atoms with Crippen LogP contribution in [0.1, 0.15) is 26.2 Å². The number of rotatable bonds is 5. The molecule has 0 aromatic heterocycles. The van der Waals surface area contributed by atoms with Gasteiger partial charge >= 0.3 is 0 Å². The van der Waals surface area contributed by atoms with Crippen LogP contribution in [0.3, 0.4) is 0 Å². The Kier molecular flexibility index (Phi) is 7.58. The quantitative estimate of drug-likeness (QED) is 0.401. The number of hydrogen-bond acceptors (Lipinski definition) is 0. The van der Waals surface area contributed by atoms with Gasteiger partial charge in [-0.3, -0.25) is 0 Å². The maximum absolute atomic E-state index is 5.20. The van der Waals surface area contributed by atoms with E-state index >= 15 is 0 Å². The van der Waals surface area contributed by atoms with E-state index < -0.39 is 0 Å². The first kappa shape index (κ1) is 9.22. The Hall–Kier alpha value is -0.780. The van der Waals surface area contributed by atoms with Gasteiger partial charge in [0.25, 0.3) is 0 Å². The summed E-state index contributed by atoms with van der Waals surface area (Å²) in [6.07, 6.45) is 13.3. The Balaban J connectivity index is 3.11. The van der Waals surface area contributed by atoms with Crippen LogP contribution in [0.5, 0.6) is 0 Å². The van der Waals surface area contributed by atoms with Gasteiger partial charge in [-0.05, 0) is 26.2 Å². The van der Waals surface area contributed by atoms with E-state index in [0.717, 1.165) is 19.3 Å². The van der Waals surface area contributed by atoms with Crippen molar-refractivity contribution in [2.24, 2.45) is 0 Å². The molecule has 0 aliphatic heterocycles. The molecule has 0 aliphatic carbocycles. The molecule has 0 heterocycles. The average molecular weight is 135 g/mol. The van der Waals surface area contributed by atoms with Crippen molar-refractivity contribution >= 4 is 0 Å². The molecule has 0 atom stereocenters. The van der Waals surface area contributed by atoms with Crippen molar-refractivity contribution in [3.63, 3.8) is 0 Å². The Labute approximate surface area is 64.0 Å². The van der Waals surface area contributed by atoms with Crippen molar-refractivity contribution in [3.05, 3.63) is 37.0 Å². The molecule has 0 aromatic rings. The van der Waals surface area contributed by atoms with E-state index in [-0.39, 0.29) is 0 Å². The van der Waals surface area contributed by atoms with Crippen molar-refractivity contribution in [2.75, 3.05) is 0 Å². The first-order valence-electron chi connectivity index (χ1n) is 3.71. The first-order valence-corrected chi connectivity index (χ1v) is 3.71. The molecule has 0 nitrogen and oxygen atoms in total. The van der Waals surface area contributed by atoms with E-state index in [4.69, 9.17) is 6.58 Å². The molecule has 0 aliphatic rings. The van der Waals surface area contributed by atoms with Gasteiger partial charge in [-0.15, -0.1) is 0 Å². The molecule has 0 unspecified atom stereocenters. The zero-order valence-electron chi connectivity index (χ0n) is 6.59. The highest BCUT2D eigenvalue weighted by Gasteiger charge is 1.72. The minimum atomic E-state index is 0.979. The lowest BCUT2D eigenvalue weighted by Crippen LogP contribution is -1.62. The predicted molar refractivity (Wildman–Crippen MR) is 46.7 cm³/mol. The average Bonchev–Trinajstić information content (AvgIpc) is 1.97. The number of unbranched alkanes of at least 4 members (excludes halogenated alkanes) is 1. The van der Waals surface area contributed by atoms with E-state index in [1.165, 1.54) is 0 Å². The summed E-state index contributed by atoms with van der Waals surface area (Å²) in [6, 6.07) is 0. The van der Waals surface area contributed by atoms with Crippen LogP contribution >= 0.6 is 0 Å². The maximum atomic E-state index is 5.20. The summed E-state index contributed by atoms with van der Waals surface area (Å²) in [7, 11) is 0. The second kappa shape index (κ2) is 8.22. The van der Waals surface area contributed by atoms with Gasteiger partial charge in [-0.2, -0.15) is 0 Å². The van der Waals surface area contributed by atoms with Crippen LogP contribution in [-0.2, 0) is 0 Å². The summed E-state index contributed by atoms with van der Waals surface area (Å²) in [5, 5.41) is 0. The van der Waals surface area contributed by atoms with Gasteiger partial charge in [0, 0.05) is 0 Å². The van der Waals surface area contributed by atoms with Crippen LogP contribution in [0.2, 0.25) is 0 Å². The first-order chi connectivity index (χ1) is 4.91. The van der Waals surface area contributed by atoms with Gasteiger partial charge in [0.05, 0.1) is 0 Å². The molecule has 55 valence electrons. The third-order valence-corrected chi connectivity index (χ3v) is 1.17. The number of hydrogen-bond donors (Lipinski definition) is 0. The predicted octanol–water partition coefficient (Wildman–Crippen LogP) is 3.28. The third kappa shape index (κ3) is 7.22. The van der Waals surface area contributed by atoms with Gasteiger partial charge in [-0.25, -0.2) is 0 Å². The zero-order valence-corrected chi connectivity index (χ0v) is 6.59. The smallest absolute Gasteiger partial charge is 0.0169 e. The third-order valence-electron chi connectivity index (χ3n) is 1.17. The van der Waals surface area contributed by atoms with Gasteiger partial charge in [0.15, 0.2) is 0 Å². The van der Waals surface area contributed by atoms with E-state index in [2.05, 4.69) is 24.3 Å². The summed E-state index contributed by atoms with van der Waals surface area (Å²) in [4.78, 5) is 0. The molecule has 0 heteroatoms. The molecule has 0 saturated carbocycles. The Morgan fingerprint density at radius 2 is 1.90 bits per heavy atom. The monoisotopic (exact) mass is 135 g/mol. The lowest BCUT2D eigenvalue weighted by molar-refractivity contribution is 1.05. The van der Waals surface area contributed by atoms with Crippen molar-refractivity contribution in [3.8, 4) is 0 Å². The van der Waals surface area contributed by atoms with E-state index in [1.54, 1.807) is 6.08 Å². The van der Waals surface area contributed by atoms with Crippen molar-refractivity contribution < 1.29 is 0 Å². The van der Waals surface area contributed by atoms with Crippen molar-refractivity contribution in [2.45, 2.75) is 26.2 Å². The molecular weight excluding hydrogens is 120 g/mol. The minimum Gasteiger partial charge on any atom is -0.0914 e. The molecule has 0 saturated heterocycles. The second-order valence-corrected chi connectivity index (χ2v) is 2.09. The van der Waals surface area contributed by atoms with Crippen molar-refractivity contribution in [1.29, 1.82) is 0 Å². The molecule has 0 amide bonds. The summed E-state index contributed by atoms with van der Waals surface area (Å²) in [6.45, 7) is 7.23. The highest BCUT2D eigenvalue weighted by molar-refractivity contribution is 4.91. The van der Waals surface area contributed by atoms with Gasteiger partial charge in [0.2, 0.25) is 0 Å². The number of allylic oxidation sites excluding steroid dienone is 5. The van der Waals surface area contributed by atoms with E-state index in [9.17, 15) is 0 Å². The van der Waals surface area contributed by atoms with E-state index in [0.29, 0.717) is 0 Å². The van der Waals surface area contributed by atoms with Crippen LogP contribution in [0, 0.1) is 6.58 Å². The molecule has 0 rings (SSSR count). The minimum absolute atomic E-state index is 0.979. The maximum Gasteiger partial charge on any atom is -0.0169 e. The van der Waals surface area contributed by atoms with Gasteiger partial charge in [0.1, 0.15) is 0 Å². The van der Waals surface area contributed by atoms with E-state index in [1.807, 2.05) is 6.92 Å². The van der Waals surface area contributed by atoms with Crippen LogP contribution in [0.15, 0.2) is 30.4 Å². The van der Waals surface area contributed by atoms with Gasteiger partial charge < -0.3 is 0 Å². The largest absolute Gasteiger partial charge is 0.0914 e. The SMILES string of the molecule is [CH]=CCCC=CCC=CC. The summed E-state index contributed by atoms with van der Waals surface area (Å²) >= 11 is 0. The van der Waals surface area contributed by atoms with Crippen molar-refractivity contribution in [1.82, 2.24) is 0 Å². The molecule has 0 aromatic carbocycles. The molecule has 1 radical (unpaired) electrons. The highest BCUT2D eigenvalue weighted by Crippen LogP contribution is 1.93. The topological polar surface area (TPSA) is 0 Å². The van der Waals surface area contributed by atoms with Crippen LogP contribution in [0.4, 0.5) is 0 Å². The fourth-order valence-electron chi connectivity index (χ4n) is 0.621. The molecule has 0 N–H and O–H groups in total. The standard InChI is InChI=1S/C10H15/c1-3-5-7-9-10-8-6-4-2/h1,3-4,6,9-10H,5,7-8H2,2H3. The molecule has 0 fully saturated rings. The summed E-state index contributed by atoms with van der Waals surface area (Å²) < 4.78 is 0. The van der Waals surface area contributed by atoms with Gasteiger partial charge in [-0.1, -0.05) is 37.0 Å². The Bertz CT molecular complexity index is 118. The van der Waals surface area contributed by atoms with Crippen LogP contribution in [0.25, 0.3) is 0 Å². The highest BCUT2D eigenvalue weighted by atomic mass is 13.8. The fourth-order valence-corrected chi connectivity index (χ4v) is 0.621. The molecule has 0 spiro atoms. The lowest BCUT2D eigenvalue weighted by Gasteiger charge is -1.83. The molecule has 0 bridgehead atoms. The summed E-state index contributed by atoms with van der Waals surface area (Å²) in [5.74, 6) is 0. The zero-order chi connectivity index (χ0) is 7.66. The lowest BCUT2D eigenvalue weighted by atomic mass is 10.2. The molecule has 10 heavy (non-hydrogen) atoms. The van der Waals surface area contributed by atoms with Crippen LogP contribution in [-0.4, -0.2) is 0 Å². The normalized spacial score (nSPS) is 11.3.